The summed E-state index contributed by atoms with van der Waals surface area (Å²) in [5.74, 6) is 0.161. The van der Waals surface area contributed by atoms with Gasteiger partial charge in [-0.3, -0.25) is 0 Å². The van der Waals surface area contributed by atoms with Gasteiger partial charge in [-0.1, -0.05) is 24.6 Å². The van der Waals surface area contributed by atoms with Crippen LogP contribution in [0, 0.1) is 5.92 Å². The van der Waals surface area contributed by atoms with Gasteiger partial charge in [0.2, 0.25) is 10.0 Å². The van der Waals surface area contributed by atoms with Crippen molar-refractivity contribution >= 4 is 33.2 Å². The first-order valence-electron chi connectivity index (χ1n) is 5.81. The van der Waals surface area contributed by atoms with Crippen LogP contribution in [0.15, 0.2) is 29.2 Å². The first kappa shape index (κ1) is 14.1. The fraction of sp³-hybridized carbons (Fsp3) is 0.500. The maximum atomic E-state index is 12.4. The van der Waals surface area contributed by atoms with E-state index in [2.05, 4.69) is 0 Å². The molecular weight excluding hydrogens is 293 g/mol. The molecule has 2 rings (SSSR count). The van der Waals surface area contributed by atoms with Gasteiger partial charge in [0.1, 0.15) is 0 Å². The molecule has 100 valence electrons. The third kappa shape index (κ3) is 2.82. The Labute approximate surface area is 118 Å². The number of rotatable bonds is 2. The molecule has 1 aliphatic rings. The van der Waals surface area contributed by atoms with Crippen LogP contribution in [0.1, 0.15) is 13.3 Å². The first-order valence-corrected chi connectivity index (χ1v) is 8.06. The summed E-state index contributed by atoms with van der Waals surface area (Å²) in [5, 5.41) is 0.479. The number of piperidine rings is 1. The zero-order valence-corrected chi connectivity index (χ0v) is 12.3. The van der Waals surface area contributed by atoms with Crippen molar-refractivity contribution in [2.45, 2.75) is 23.6 Å². The summed E-state index contributed by atoms with van der Waals surface area (Å²) in [6.45, 7) is 2.90. The van der Waals surface area contributed by atoms with E-state index in [1.54, 1.807) is 18.2 Å². The van der Waals surface area contributed by atoms with Crippen LogP contribution in [-0.2, 0) is 10.0 Å². The van der Waals surface area contributed by atoms with Crippen LogP contribution in [0.2, 0.25) is 5.02 Å². The molecule has 1 saturated heterocycles. The molecule has 3 nitrogen and oxygen atoms in total. The van der Waals surface area contributed by atoms with E-state index < -0.39 is 10.0 Å². The van der Waals surface area contributed by atoms with E-state index in [9.17, 15) is 8.42 Å². The van der Waals surface area contributed by atoms with Gasteiger partial charge < -0.3 is 0 Å². The topological polar surface area (TPSA) is 37.4 Å². The van der Waals surface area contributed by atoms with E-state index in [4.69, 9.17) is 23.2 Å². The zero-order valence-electron chi connectivity index (χ0n) is 10.0. The minimum atomic E-state index is -3.45. The number of benzene rings is 1. The van der Waals surface area contributed by atoms with Gasteiger partial charge in [-0.2, -0.15) is 4.31 Å². The van der Waals surface area contributed by atoms with E-state index >= 15 is 0 Å². The van der Waals surface area contributed by atoms with E-state index in [0.717, 1.165) is 0 Å². The lowest BCUT2D eigenvalue weighted by Crippen LogP contribution is -2.43. The second-order valence-corrected chi connectivity index (χ2v) is 7.54. The van der Waals surface area contributed by atoms with Gasteiger partial charge in [0.05, 0.1) is 4.90 Å². The summed E-state index contributed by atoms with van der Waals surface area (Å²) in [4.78, 5) is 0.246. The maximum Gasteiger partial charge on any atom is 0.243 e. The molecule has 0 aliphatic carbocycles. The summed E-state index contributed by atoms with van der Waals surface area (Å²) in [5.41, 5.74) is 0. The van der Waals surface area contributed by atoms with Crippen molar-refractivity contribution in [1.29, 1.82) is 0 Å². The Hall–Kier alpha value is -0.290. The molecule has 2 unspecified atom stereocenters. The molecule has 1 fully saturated rings. The zero-order chi connectivity index (χ0) is 13.3. The van der Waals surface area contributed by atoms with Gasteiger partial charge in [-0.25, -0.2) is 8.42 Å². The standard InChI is InChI=1S/C12H15Cl2NO2S/c1-9-8-15(6-5-12(9)14)18(16,17)11-4-2-3-10(13)7-11/h2-4,7,9,12H,5-6,8H2,1H3. The van der Waals surface area contributed by atoms with Crippen LogP contribution < -0.4 is 0 Å². The summed E-state index contributed by atoms with van der Waals surface area (Å²) < 4.78 is 26.3. The van der Waals surface area contributed by atoms with Gasteiger partial charge in [0.15, 0.2) is 0 Å². The van der Waals surface area contributed by atoms with Gasteiger partial charge in [-0.15, -0.1) is 11.6 Å². The molecule has 0 aromatic heterocycles. The third-order valence-corrected chi connectivity index (χ3v) is 5.94. The smallest absolute Gasteiger partial charge is 0.207 e. The van der Waals surface area contributed by atoms with E-state index in [0.29, 0.717) is 24.5 Å². The van der Waals surface area contributed by atoms with Crippen LogP contribution in [0.5, 0.6) is 0 Å². The van der Waals surface area contributed by atoms with Gasteiger partial charge >= 0.3 is 0 Å². The molecule has 0 N–H and O–H groups in total. The molecule has 0 saturated carbocycles. The summed E-state index contributed by atoms with van der Waals surface area (Å²) in [6.07, 6.45) is 0.683. The van der Waals surface area contributed by atoms with Crippen molar-refractivity contribution in [1.82, 2.24) is 4.31 Å². The highest BCUT2D eigenvalue weighted by molar-refractivity contribution is 7.89. The molecule has 1 aliphatic heterocycles. The van der Waals surface area contributed by atoms with Crippen LogP contribution >= 0.6 is 23.2 Å². The Kier molecular flexibility index (Phi) is 4.22. The molecule has 1 aromatic rings. The van der Waals surface area contributed by atoms with E-state index in [-0.39, 0.29) is 16.2 Å². The van der Waals surface area contributed by atoms with Crippen molar-refractivity contribution in [3.05, 3.63) is 29.3 Å². The monoisotopic (exact) mass is 307 g/mol. The van der Waals surface area contributed by atoms with Crippen LogP contribution in [0.3, 0.4) is 0 Å². The highest BCUT2D eigenvalue weighted by atomic mass is 35.5. The molecule has 1 heterocycles. The van der Waals surface area contributed by atoms with E-state index in [1.807, 2.05) is 6.92 Å². The predicted molar refractivity (Wildman–Crippen MR) is 73.6 cm³/mol. The fourth-order valence-corrected chi connectivity index (χ4v) is 4.11. The average Bonchev–Trinajstić information content (AvgIpc) is 2.32. The van der Waals surface area contributed by atoms with Crippen molar-refractivity contribution in [3.63, 3.8) is 0 Å². The lowest BCUT2D eigenvalue weighted by Gasteiger charge is -2.33. The highest BCUT2D eigenvalue weighted by Gasteiger charge is 2.32. The molecule has 2 atom stereocenters. The highest BCUT2D eigenvalue weighted by Crippen LogP contribution is 2.27. The van der Waals surface area contributed by atoms with Gasteiger partial charge in [0, 0.05) is 23.5 Å². The number of alkyl halides is 1. The average molecular weight is 308 g/mol. The Morgan fingerprint density at radius 2 is 2.11 bits per heavy atom. The second-order valence-electron chi connectivity index (χ2n) is 4.60. The maximum absolute atomic E-state index is 12.4. The molecular formula is C12H15Cl2NO2S. The van der Waals surface area contributed by atoms with Gasteiger partial charge in [0.25, 0.3) is 0 Å². The van der Waals surface area contributed by atoms with Crippen molar-refractivity contribution < 1.29 is 8.42 Å². The Balaban J connectivity index is 2.27. The van der Waals surface area contributed by atoms with Crippen LogP contribution in [-0.4, -0.2) is 31.2 Å². The number of hydrogen-bond acceptors (Lipinski definition) is 2. The molecule has 0 bridgehead atoms. The molecule has 0 spiro atoms. The van der Waals surface area contributed by atoms with Crippen LogP contribution in [0.25, 0.3) is 0 Å². The molecule has 18 heavy (non-hydrogen) atoms. The van der Waals surface area contributed by atoms with Crippen LogP contribution in [0.4, 0.5) is 0 Å². The molecule has 0 amide bonds. The first-order chi connectivity index (χ1) is 8.41. The van der Waals surface area contributed by atoms with Gasteiger partial charge in [-0.05, 0) is 30.5 Å². The number of halogens is 2. The molecule has 0 radical (unpaired) electrons. The number of nitrogens with zero attached hydrogens (tertiary/aromatic N) is 1. The van der Waals surface area contributed by atoms with E-state index in [1.165, 1.54) is 10.4 Å². The summed E-state index contributed by atoms with van der Waals surface area (Å²) in [7, 11) is -3.45. The predicted octanol–water partition coefficient (Wildman–Crippen LogP) is 2.98. The number of sulfonamides is 1. The quantitative estimate of drug-likeness (QED) is 0.788. The Bertz CT molecular complexity index is 533. The van der Waals surface area contributed by atoms with Crippen molar-refractivity contribution in [3.8, 4) is 0 Å². The fourth-order valence-electron chi connectivity index (χ4n) is 2.07. The van der Waals surface area contributed by atoms with Crippen molar-refractivity contribution in [2.24, 2.45) is 5.92 Å². The minimum absolute atomic E-state index is 0.0517. The SMILES string of the molecule is CC1CN(S(=O)(=O)c2cccc(Cl)c2)CCC1Cl. The largest absolute Gasteiger partial charge is 0.243 e. The number of hydrogen-bond donors (Lipinski definition) is 0. The molecule has 6 heteroatoms. The summed E-state index contributed by atoms with van der Waals surface area (Å²) >= 11 is 11.9. The second kappa shape index (κ2) is 5.37. The normalized spacial score (nSPS) is 26.2. The lowest BCUT2D eigenvalue weighted by atomic mass is 10.0. The van der Waals surface area contributed by atoms with Crippen molar-refractivity contribution in [2.75, 3.05) is 13.1 Å². The Morgan fingerprint density at radius 1 is 1.39 bits per heavy atom. The third-order valence-electron chi connectivity index (χ3n) is 3.20. The minimum Gasteiger partial charge on any atom is -0.207 e. The summed E-state index contributed by atoms with van der Waals surface area (Å²) in [6, 6.07) is 6.36. The lowest BCUT2D eigenvalue weighted by molar-refractivity contribution is 0.286. The molecule has 1 aromatic carbocycles. The Morgan fingerprint density at radius 3 is 2.72 bits per heavy atom.